The molecule has 2 fully saturated rings. The van der Waals surface area contributed by atoms with Gasteiger partial charge in [0.1, 0.15) is 0 Å². The lowest BCUT2D eigenvalue weighted by Gasteiger charge is -2.22. The van der Waals surface area contributed by atoms with Crippen molar-refractivity contribution in [1.82, 2.24) is 25.1 Å². The van der Waals surface area contributed by atoms with Gasteiger partial charge in [-0.3, -0.25) is 0 Å². The Morgan fingerprint density at radius 2 is 1.45 bits per heavy atom. The average Bonchev–Trinajstić information content (AvgIpc) is 3.12. The first kappa shape index (κ1) is 19.8. The highest BCUT2D eigenvalue weighted by molar-refractivity contribution is 5.59. The van der Waals surface area contributed by atoms with E-state index in [0.29, 0.717) is 5.95 Å². The molecule has 0 bridgehead atoms. The molecule has 0 atom stereocenters. The molecule has 3 aromatic rings. The number of hydrogen-bond donors (Lipinski definition) is 0. The van der Waals surface area contributed by atoms with E-state index in [9.17, 15) is 0 Å². The molecule has 31 heavy (non-hydrogen) atoms. The fraction of sp³-hybridized carbons (Fsp3) is 0.458. The van der Waals surface area contributed by atoms with Gasteiger partial charge in [0.05, 0.1) is 11.9 Å². The summed E-state index contributed by atoms with van der Waals surface area (Å²) in [6, 6.07) is 10.8. The van der Waals surface area contributed by atoms with Gasteiger partial charge in [0.25, 0.3) is 0 Å². The van der Waals surface area contributed by atoms with Crippen LogP contribution in [0.2, 0.25) is 0 Å². The van der Waals surface area contributed by atoms with Gasteiger partial charge in [0.15, 0.2) is 0 Å². The Labute approximate surface area is 183 Å². The summed E-state index contributed by atoms with van der Waals surface area (Å²) in [5.74, 6) is 2.20. The zero-order chi connectivity index (χ0) is 20.9. The van der Waals surface area contributed by atoms with Crippen molar-refractivity contribution in [3.63, 3.8) is 0 Å². The maximum absolute atomic E-state index is 4.85. The van der Waals surface area contributed by atoms with Crippen LogP contribution in [-0.2, 0) is 0 Å². The first-order valence-electron chi connectivity index (χ1n) is 11.4. The third-order valence-corrected chi connectivity index (χ3v) is 6.44. The summed E-state index contributed by atoms with van der Waals surface area (Å²) in [5.41, 5.74) is 3.44. The van der Waals surface area contributed by atoms with Crippen LogP contribution in [0.15, 0.2) is 48.9 Å². The molecule has 1 aromatic carbocycles. The topological polar surface area (TPSA) is 70.9 Å². The number of benzene rings is 1. The molecule has 1 saturated heterocycles. The summed E-state index contributed by atoms with van der Waals surface area (Å²) in [4.78, 5) is 18.1. The standard InChI is InChI=1S/C24H29N7/c1-2-6-19(7-3-1)20-8-10-21(11-9-20)22-18-27-29-24(28-22)31-15-5-14-30(16-17-31)23-25-12-4-13-26-23/h4,8-13,18-19H,1-3,5-7,14-17H2. The molecule has 7 heteroatoms. The highest BCUT2D eigenvalue weighted by Gasteiger charge is 2.20. The maximum Gasteiger partial charge on any atom is 0.245 e. The van der Waals surface area contributed by atoms with Gasteiger partial charge in [-0.05, 0) is 36.8 Å². The van der Waals surface area contributed by atoms with Gasteiger partial charge in [-0.1, -0.05) is 43.5 Å². The summed E-state index contributed by atoms with van der Waals surface area (Å²) in [7, 11) is 0. The Kier molecular flexibility index (Phi) is 6.00. The first-order chi connectivity index (χ1) is 15.4. The molecule has 5 rings (SSSR count). The zero-order valence-electron chi connectivity index (χ0n) is 17.9. The average molecular weight is 416 g/mol. The van der Waals surface area contributed by atoms with E-state index in [0.717, 1.165) is 55.7 Å². The Bertz CT molecular complexity index is 971. The highest BCUT2D eigenvalue weighted by atomic mass is 15.3. The van der Waals surface area contributed by atoms with Crippen LogP contribution in [0.1, 0.15) is 50.0 Å². The quantitative estimate of drug-likeness (QED) is 0.635. The van der Waals surface area contributed by atoms with E-state index >= 15 is 0 Å². The van der Waals surface area contributed by atoms with Gasteiger partial charge in [-0.15, -0.1) is 5.10 Å². The molecule has 2 aliphatic rings. The van der Waals surface area contributed by atoms with E-state index in [-0.39, 0.29) is 0 Å². The van der Waals surface area contributed by atoms with Crippen LogP contribution in [0.5, 0.6) is 0 Å². The first-order valence-corrected chi connectivity index (χ1v) is 11.4. The molecule has 0 amide bonds. The smallest absolute Gasteiger partial charge is 0.245 e. The zero-order valence-corrected chi connectivity index (χ0v) is 17.9. The third kappa shape index (κ3) is 4.65. The van der Waals surface area contributed by atoms with E-state index < -0.39 is 0 Å². The van der Waals surface area contributed by atoms with E-state index in [1.807, 2.05) is 6.07 Å². The molecule has 1 aliphatic carbocycles. The minimum atomic E-state index is 0.699. The van der Waals surface area contributed by atoms with Crippen LogP contribution in [-0.4, -0.2) is 51.3 Å². The summed E-state index contributed by atoms with van der Waals surface area (Å²) in [5, 5.41) is 8.60. The van der Waals surface area contributed by atoms with E-state index in [4.69, 9.17) is 4.98 Å². The van der Waals surface area contributed by atoms with E-state index in [2.05, 4.69) is 54.2 Å². The molecule has 0 spiro atoms. The van der Waals surface area contributed by atoms with Gasteiger partial charge >= 0.3 is 0 Å². The van der Waals surface area contributed by atoms with Crippen molar-refractivity contribution in [2.45, 2.75) is 44.4 Å². The third-order valence-electron chi connectivity index (χ3n) is 6.44. The van der Waals surface area contributed by atoms with Crippen molar-refractivity contribution < 1.29 is 0 Å². The summed E-state index contributed by atoms with van der Waals surface area (Å²) >= 11 is 0. The van der Waals surface area contributed by atoms with Crippen molar-refractivity contribution >= 4 is 11.9 Å². The predicted octanol–water partition coefficient (Wildman–Crippen LogP) is 4.09. The molecule has 0 unspecified atom stereocenters. The number of hydrogen-bond acceptors (Lipinski definition) is 7. The lowest BCUT2D eigenvalue weighted by Crippen LogP contribution is -2.32. The van der Waals surface area contributed by atoms with Gasteiger partial charge < -0.3 is 9.80 Å². The Morgan fingerprint density at radius 1 is 0.742 bits per heavy atom. The molecular formula is C24H29N7. The van der Waals surface area contributed by atoms with Gasteiger partial charge in [-0.2, -0.15) is 5.10 Å². The lowest BCUT2D eigenvalue weighted by molar-refractivity contribution is 0.443. The van der Waals surface area contributed by atoms with Crippen LogP contribution in [0, 0.1) is 0 Å². The summed E-state index contributed by atoms with van der Waals surface area (Å²) < 4.78 is 0. The van der Waals surface area contributed by atoms with Crippen molar-refractivity contribution in [1.29, 1.82) is 0 Å². The van der Waals surface area contributed by atoms with Crippen LogP contribution < -0.4 is 9.80 Å². The number of nitrogens with zero attached hydrogens (tertiary/aromatic N) is 7. The maximum atomic E-state index is 4.85. The molecular weight excluding hydrogens is 386 g/mol. The fourth-order valence-electron chi connectivity index (χ4n) is 4.70. The van der Waals surface area contributed by atoms with Crippen LogP contribution in [0.3, 0.4) is 0 Å². The fourth-order valence-corrected chi connectivity index (χ4v) is 4.70. The molecule has 2 aromatic heterocycles. The molecule has 3 heterocycles. The molecule has 0 N–H and O–H groups in total. The Morgan fingerprint density at radius 3 is 2.19 bits per heavy atom. The van der Waals surface area contributed by atoms with Crippen LogP contribution >= 0.6 is 0 Å². The van der Waals surface area contributed by atoms with Crippen LogP contribution in [0.25, 0.3) is 11.3 Å². The second kappa shape index (κ2) is 9.37. The van der Waals surface area contributed by atoms with Crippen LogP contribution in [0.4, 0.5) is 11.9 Å². The van der Waals surface area contributed by atoms with Crippen molar-refractivity contribution in [3.8, 4) is 11.3 Å². The number of anilines is 2. The van der Waals surface area contributed by atoms with Gasteiger partial charge in [0.2, 0.25) is 11.9 Å². The summed E-state index contributed by atoms with van der Waals surface area (Å²) in [6.45, 7) is 3.49. The minimum absolute atomic E-state index is 0.699. The Balaban J connectivity index is 1.29. The van der Waals surface area contributed by atoms with Crippen molar-refractivity contribution in [3.05, 3.63) is 54.5 Å². The van der Waals surface area contributed by atoms with E-state index in [1.165, 1.54) is 37.7 Å². The second-order valence-electron chi connectivity index (χ2n) is 8.47. The molecule has 0 radical (unpaired) electrons. The highest BCUT2D eigenvalue weighted by Crippen LogP contribution is 2.33. The molecule has 160 valence electrons. The van der Waals surface area contributed by atoms with Crippen molar-refractivity contribution in [2.24, 2.45) is 0 Å². The van der Waals surface area contributed by atoms with Gasteiger partial charge in [0, 0.05) is 44.1 Å². The normalized spacial score (nSPS) is 18.1. The van der Waals surface area contributed by atoms with E-state index in [1.54, 1.807) is 18.6 Å². The van der Waals surface area contributed by atoms with Crippen molar-refractivity contribution in [2.75, 3.05) is 36.0 Å². The predicted molar refractivity (Wildman–Crippen MR) is 122 cm³/mol. The second-order valence-corrected chi connectivity index (χ2v) is 8.47. The largest absolute Gasteiger partial charge is 0.339 e. The molecule has 1 saturated carbocycles. The Hall–Kier alpha value is -3.09. The number of rotatable bonds is 4. The number of aromatic nitrogens is 5. The lowest BCUT2D eigenvalue weighted by atomic mass is 9.84. The SMILES string of the molecule is c1cnc(N2CCCN(c3nncc(-c4ccc(C5CCCCC5)cc4)n3)CC2)nc1. The summed E-state index contributed by atoms with van der Waals surface area (Å²) in [6.07, 6.45) is 13.1. The minimum Gasteiger partial charge on any atom is -0.339 e. The monoisotopic (exact) mass is 415 g/mol. The molecule has 7 nitrogen and oxygen atoms in total. The molecule has 1 aliphatic heterocycles. The van der Waals surface area contributed by atoms with Gasteiger partial charge in [-0.25, -0.2) is 15.0 Å².